The highest BCUT2D eigenvalue weighted by atomic mass is 16.5. The smallest absolute Gasteiger partial charge is 0.0873 e. The Balaban J connectivity index is 3.03. The Morgan fingerprint density at radius 3 is 1.07 bits per heavy atom. The Morgan fingerprint density at radius 1 is 0.467 bits per heavy atom. The number of hydrogen-bond donors (Lipinski definition) is 0. The van der Waals surface area contributed by atoms with Gasteiger partial charge in [0.05, 0.1) is 12.9 Å². The molecule has 0 amide bonds. The molecule has 0 aliphatic rings. The van der Waals surface area contributed by atoms with Crippen molar-refractivity contribution in [3.05, 3.63) is 11.8 Å². The van der Waals surface area contributed by atoms with E-state index in [1.807, 2.05) is 6.26 Å². The first kappa shape index (κ1) is 29.5. The summed E-state index contributed by atoms with van der Waals surface area (Å²) in [5.41, 5.74) is 1.34. The summed E-state index contributed by atoms with van der Waals surface area (Å²) in [5, 5.41) is 0. The molecule has 0 radical (unpaired) electrons. The average Bonchev–Trinajstić information content (AvgIpc) is 2.76. The highest BCUT2D eigenvalue weighted by Gasteiger charge is 1.96. The van der Waals surface area contributed by atoms with E-state index in [1.165, 1.54) is 147 Å². The summed E-state index contributed by atoms with van der Waals surface area (Å²) in [6.45, 7) is 7.51. The second-order valence-electron chi connectivity index (χ2n) is 9.61. The van der Waals surface area contributed by atoms with Gasteiger partial charge in [-0.05, 0) is 25.3 Å². The van der Waals surface area contributed by atoms with Crippen LogP contribution in [-0.2, 0) is 4.74 Å². The van der Waals surface area contributed by atoms with E-state index in [0.717, 1.165) is 13.0 Å². The molecule has 0 heterocycles. The molecule has 0 aromatic heterocycles. The minimum absolute atomic E-state index is 0.899. The molecule has 0 spiro atoms. The predicted octanol–water partition coefficient (Wildman–Crippen LogP) is 10.9. The lowest BCUT2D eigenvalue weighted by molar-refractivity contribution is 0.237. The van der Waals surface area contributed by atoms with Crippen molar-refractivity contribution in [3.63, 3.8) is 0 Å². The SMILES string of the molecule is CCCCCCCCCCCCCCCCCCCCCCCCOC=C(C)CC. The van der Waals surface area contributed by atoms with Crippen LogP contribution in [0, 0.1) is 0 Å². The van der Waals surface area contributed by atoms with Gasteiger partial charge in [0.15, 0.2) is 0 Å². The zero-order valence-electron chi connectivity index (χ0n) is 21.5. The van der Waals surface area contributed by atoms with Crippen LogP contribution in [0.3, 0.4) is 0 Å². The van der Waals surface area contributed by atoms with Gasteiger partial charge >= 0.3 is 0 Å². The van der Waals surface area contributed by atoms with Gasteiger partial charge in [-0.3, -0.25) is 0 Å². The third kappa shape index (κ3) is 25.6. The van der Waals surface area contributed by atoms with E-state index in [2.05, 4.69) is 20.8 Å². The average molecular weight is 423 g/mol. The quantitative estimate of drug-likeness (QED) is 0.105. The van der Waals surface area contributed by atoms with E-state index in [1.54, 1.807) is 0 Å². The maximum atomic E-state index is 5.57. The first-order chi connectivity index (χ1) is 14.8. The van der Waals surface area contributed by atoms with Crippen LogP contribution < -0.4 is 0 Å². The van der Waals surface area contributed by atoms with Crippen molar-refractivity contribution >= 4 is 0 Å². The van der Waals surface area contributed by atoms with Crippen molar-refractivity contribution in [2.24, 2.45) is 0 Å². The molecule has 0 fully saturated rings. The van der Waals surface area contributed by atoms with E-state index in [4.69, 9.17) is 4.74 Å². The van der Waals surface area contributed by atoms with Crippen molar-refractivity contribution in [1.82, 2.24) is 0 Å². The van der Waals surface area contributed by atoms with E-state index in [-0.39, 0.29) is 0 Å². The Morgan fingerprint density at radius 2 is 0.767 bits per heavy atom. The zero-order valence-corrected chi connectivity index (χ0v) is 21.5. The Bertz CT molecular complexity index is 333. The third-order valence-electron chi connectivity index (χ3n) is 6.46. The maximum absolute atomic E-state index is 5.57. The van der Waals surface area contributed by atoms with Gasteiger partial charge < -0.3 is 4.74 Å². The molecule has 0 aromatic carbocycles. The first-order valence-corrected chi connectivity index (χ1v) is 14.1. The Kier molecular flexibility index (Phi) is 26.2. The standard InChI is InChI=1S/C29H58O/c1-4-6-7-8-9-10-11-12-13-14-15-16-17-18-19-20-21-22-23-24-25-26-27-30-28-29(3)5-2/h28H,4-27H2,1-3H3. The normalized spacial score (nSPS) is 11.9. The summed E-state index contributed by atoms with van der Waals surface area (Å²) in [6, 6.07) is 0. The molecule has 0 bridgehead atoms. The fourth-order valence-electron chi connectivity index (χ4n) is 4.08. The molecule has 0 unspecified atom stereocenters. The van der Waals surface area contributed by atoms with Gasteiger partial charge in [-0.1, -0.05) is 149 Å². The summed E-state index contributed by atoms with van der Waals surface area (Å²) in [6.07, 6.45) is 34.7. The van der Waals surface area contributed by atoms with Crippen LogP contribution in [0.15, 0.2) is 11.8 Å². The minimum atomic E-state index is 0.899. The fraction of sp³-hybridized carbons (Fsp3) is 0.931. The maximum Gasteiger partial charge on any atom is 0.0873 e. The molecule has 0 atom stereocenters. The number of ether oxygens (including phenoxy) is 1. The molecule has 1 nitrogen and oxygen atoms in total. The zero-order chi connectivity index (χ0) is 22.0. The van der Waals surface area contributed by atoms with Crippen LogP contribution in [0.5, 0.6) is 0 Å². The minimum Gasteiger partial charge on any atom is -0.501 e. The van der Waals surface area contributed by atoms with Crippen LogP contribution in [0.4, 0.5) is 0 Å². The van der Waals surface area contributed by atoms with Crippen molar-refractivity contribution < 1.29 is 4.74 Å². The molecule has 0 N–H and O–H groups in total. The molecule has 0 aliphatic heterocycles. The third-order valence-corrected chi connectivity index (χ3v) is 6.46. The number of unbranched alkanes of at least 4 members (excludes halogenated alkanes) is 21. The van der Waals surface area contributed by atoms with Gasteiger partial charge in [-0.25, -0.2) is 0 Å². The molecule has 0 saturated carbocycles. The second-order valence-corrected chi connectivity index (χ2v) is 9.61. The molecule has 0 rings (SSSR count). The van der Waals surface area contributed by atoms with Gasteiger partial charge in [-0.2, -0.15) is 0 Å². The van der Waals surface area contributed by atoms with E-state index in [9.17, 15) is 0 Å². The van der Waals surface area contributed by atoms with Crippen LogP contribution in [0.25, 0.3) is 0 Å². The van der Waals surface area contributed by atoms with Crippen LogP contribution in [0.2, 0.25) is 0 Å². The molecular formula is C29H58O. The topological polar surface area (TPSA) is 9.23 Å². The summed E-state index contributed by atoms with van der Waals surface area (Å²) < 4.78 is 5.57. The highest BCUT2D eigenvalue weighted by molar-refractivity contribution is 4.90. The Hall–Kier alpha value is -0.460. The van der Waals surface area contributed by atoms with Crippen molar-refractivity contribution in [3.8, 4) is 0 Å². The molecule has 0 saturated heterocycles. The number of hydrogen-bond acceptors (Lipinski definition) is 1. The summed E-state index contributed by atoms with van der Waals surface area (Å²) in [7, 11) is 0. The van der Waals surface area contributed by atoms with E-state index >= 15 is 0 Å². The van der Waals surface area contributed by atoms with E-state index < -0.39 is 0 Å². The number of allylic oxidation sites excluding steroid dienone is 1. The highest BCUT2D eigenvalue weighted by Crippen LogP contribution is 2.15. The summed E-state index contributed by atoms with van der Waals surface area (Å²) in [5.74, 6) is 0. The predicted molar refractivity (Wildman–Crippen MR) is 137 cm³/mol. The lowest BCUT2D eigenvalue weighted by Crippen LogP contribution is -1.89. The first-order valence-electron chi connectivity index (χ1n) is 14.1. The largest absolute Gasteiger partial charge is 0.501 e. The summed E-state index contributed by atoms with van der Waals surface area (Å²) >= 11 is 0. The van der Waals surface area contributed by atoms with Gasteiger partial charge in [0.2, 0.25) is 0 Å². The molecular weight excluding hydrogens is 364 g/mol. The van der Waals surface area contributed by atoms with Gasteiger partial charge in [0, 0.05) is 0 Å². The Labute approximate surface area is 191 Å². The fourth-order valence-corrected chi connectivity index (χ4v) is 4.08. The molecule has 180 valence electrons. The lowest BCUT2D eigenvalue weighted by Gasteiger charge is -2.04. The monoisotopic (exact) mass is 422 g/mol. The van der Waals surface area contributed by atoms with Crippen LogP contribution in [-0.4, -0.2) is 6.61 Å². The second kappa shape index (κ2) is 26.6. The van der Waals surface area contributed by atoms with Gasteiger partial charge in [0.1, 0.15) is 0 Å². The van der Waals surface area contributed by atoms with E-state index in [0.29, 0.717) is 0 Å². The molecule has 30 heavy (non-hydrogen) atoms. The van der Waals surface area contributed by atoms with Crippen LogP contribution in [0.1, 0.15) is 168 Å². The lowest BCUT2D eigenvalue weighted by atomic mass is 10.0. The molecule has 0 aromatic rings. The van der Waals surface area contributed by atoms with Crippen LogP contribution >= 0.6 is 0 Å². The number of rotatable bonds is 25. The van der Waals surface area contributed by atoms with Crippen molar-refractivity contribution in [2.45, 2.75) is 168 Å². The van der Waals surface area contributed by atoms with Crippen molar-refractivity contribution in [1.29, 1.82) is 0 Å². The van der Waals surface area contributed by atoms with Gasteiger partial charge in [0.25, 0.3) is 0 Å². The molecule has 0 aliphatic carbocycles. The van der Waals surface area contributed by atoms with Crippen molar-refractivity contribution in [2.75, 3.05) is 6.61 Å². The van der Waals surface area contributed by atoms with Gasteiger partial charge in [-0.15, -0.1) is 0 Å². The molecule has 1 heteroatoms. The summed E-state index contributed by atoms with van der Waals surface area (Å²) in [4.78, 5) is 0.